The monoisotopic (exact) mass is 447 g/mol. The Kier molecular flexibility index (Phi) is 3.98. The van der Waals surface area contributed by atoms with Crippen molar-refractivity contribution >= 4 is 60.3 Å². The van der Waals surface area contributed by atoms with Crippen molar-refractivity contribution in [2.24, 2.45) is 0 Å². The number of carbonyl (C=O) groups excluding carboxylic acids is 1. The van der Waals surface area contributed by atoms with E-state index in [0.29, 0.717) is 5.69 Å². The van der Waals surface area contributed by atoms with Crippen molar-refractivity contribution in [1.29, 1.82) is 0 Å². The highest BCUT2D eigenvalue weighted by atomic mass is 127. The molecule has 1 amide bonds. The third-order valence-electron chi connectivity index (χ3n) is 2.69. The molecule has 1 aliphatic rings. The predicted octanol–water partition coefficient (Wildman–Crippen LogP) is 2.46. The highest BCUT2D eigenvalue weighted by Gasteiger charge is 2.39. The Balaban J connectivity index is 2.35. The first-order valence-corrected chi connectivity index (χ1v) is 8.30. The van der Waals surface area contributed by atoms with E-state index in [0.717, 1.165) is 8.04 Å². The van der Waals surface area contributed by atoms with Crippen LogP contribution in [-0.4, -0.2) is 26.1 Å². The lowest BCUT2D eigenvalue weighted by atomic mass is 10.3. The molecule has 0 N–H and O–H groups in total. The molecule has 1 aromatic rings. The van der Waals surface area contributed by atoms with Gasteiger partial charge in [-0.2, -0.15) is 8.42 Å². The number of hydrogen-bond acceptors (Lipinski definition) is 3. The summed E-state index contributed by atoms with van der Waals surface area (Å²) in [5.41, 5.74) is 0.598. The average Bonchev–Trinajstić information content (AvgIpc) is 2.64. The van der Waals surface area contributed by atoms with E-state index in [-0.39, 0.29) is 18.9 Å². The molecule has 0 spiro atoms. The summed E-state index contributed by atoms with van der Waals surface area (Å²) in [5, 5.41) is -1.26. The number of carbonyl (C=O) groups is 1. The van der Waals surface area contributed by atoms with Gasteiger partial charge < -0.3 is 4.90 Å². The standard InChI is InChI=1S/C10H8BrFINO3S/c11-6-1-2-8(13)9(3-6)14-5-7(4-10(14)15)18(12,16)17/h1-3,7H,4-5H2. The van der Waals surface area contributed by atoms with Gasteiger partial charge in [0, 0.05) is 21.0 Å². The Labute approximate surface area is 126 Å². The smallest absolute Gasteiger partial charge is 0.307 e. The molecule has 1 unspecified atom stereocenters. The second-order valence-electron chi connectivity index (χ2n) is 3.90. The minimum absolute atomic E-state index is 0.135. The topological polar surface area (TPSA) is 54.5 Å². The van der Waals surface area contributed by atoms with Gasteiger partial charge in [-0.3, -0.25) is 4.79 Å². The first-order chi connectivity index (χ1) is 8.29. The minimum atomic E-state index is -4.68. The van der Waals surface area contributed by atoms with Gasteiger partial charge in [-0.15, -0.1) is 3.89 Å². The molecule has 4 nitrogen and oxygen atoms in total. The Morgan fingerprint density at radius 1 is 1.44 bits per heavy atom. The Morgan fingerprint density at radius 2 is 2.11 bits per heavy atom. The summed E-state index contributed by atoms with van der Waals surface area (Å²) in [4.78, 5) is 13.1. The van der Waals surface area contributed by atoms with Crippen LogP contribution < -0.4 is 4.90 Å². The van der Waals surface area contributed by atoms with E-state index in [1.165, 1.54) is 4.90 Å². The summed E-state index contributed by atoms with van der Waals surface area (Å²) in [6.07, 6.45) is -0.304. The van der Waals surface area contributed by atoms with Crippen LogP contribution in [-0.2, 0) is 15.0 Å². The quantitative estimate of drug-likeness (QED) is 0.517. The van der Waals surface area contributed by atoms with Crippen LogP contribution in [0.5, 0.6) is 0 Å². The molecule has 8 heteroatoms. The summed E-state index contributed by atoms with van der Waals surface area (Å²) in [6.45, 7) is -0.135. The molecule has 98 valence electrons. The lowest BCUT2D eigenvalue weighted by Gasteiger charge is -2.18. The highest BCUT2D eigenvalue weighted by molar-refractivity contribution is 14.1. The fourth-order valence-electron chi connectivity index (χ4n) is 1.79. The molecule has 0 radical (unpaired) electrons. The number of hydrogen-bond donors (Lipinski definition) is 0. The SMILES string of the molecule is O=C1CC(S(=O)(=O)F)CN1c1cc(Br)ccc1I. The lowest BCUT2D eigenvalue weighted by molar-refractivity contribution is -0.117. The first kappa shape index (κ1) is 14.2. The molecule has 1 heterocycles. The van der Waals surface area contributed by atoms with Gasteiger partial charge in [0.05, 0.1) is 5.69 Å². The number of rotatable bonds is 2. The zero-order valence-corrected chi connectivity index (χ0v) is 13.5. The second kappa shape index (κ2) is 5.04. The third kappa shape index (κ3) is 2.85. The van der Waals surface area contributed by atoms with Gasteiger partial charge in [-0.25, -0.2) is 0 Å². The van der Waals surface area contributed by atoms with Crippen LogP contribution in [0.25, 0.3) is 0 Å². The maximum atomic E-state index is 12.9. The zero-order valence-electron chi connectivity index (χ0n) is 8.94. The van der Waals surface area contributed by atoms with Crippen molar-refractivity contribution < 1.29 is 17.1 Å². The molecule has 18 heavy (non-hydrogen) atoms. The van der Waals surface area contributed by atoms with E-state index in [9.17, 15) is 17.1 Å². The van der Waals surface area contributed by atoms with Gasteiger partial charge in [0.1, 0.15) is 5.25 Å². The zero-order chi connectivity index (χ0) is 13.5. The maximum absolute atomic E-state index is 12.9. The van der Waals surface area contributed by atoms with Crippen LogP contribution in [0.15, 0.2) is 22.7 Å². The highest BCUT2D eigenvalue weighted by Crippen LogP contribution is 2.31. The van der Waals surface area contributed by atoms with Crippen LogP contribution in [0.2, 0.25) is 0 Å². The van der Waals surface area contributed by atoms with Crippen molar-refractivity contribution in [3.63, 3.8) is 0 Å². The molecular formula is C10H8BrFINO3S. The summed E-state index contributed by atoms with van der Waals surface area (Å²) < 4.78 is 36.2. The Bertz CT molecular complexity index is 607. The number of halogens is 3. The number of anilines is 1. The third-order valence-corrected chi connectivity index (χ3v) is 5.20. The first-order valence-electron chi connectivity index (χ1n) is 4.98. The number of amides is 1. The molecule has 1 fully saturated rings. The van der Waals surface area contributed by atoms with Crippen molar-refractivity contribution in [3.05, 3.63) is 26.2 Å². The van der Waals surface area contributed by atoms with Crippen LogP contribution in [0.4, 0.5) is 9.57 Å². The number of benzene rings is 1. The van der Waals surface area contributed by atoms with E-state index < -0.39 is 15.5 Å². The van der Waals surface area contributed by atoms with Crippen LogP contribution in [0.1, 0.15) is 6.42 Å². The summed E-state index contributed by atoms with van der Waals surface area (Å²) >= 11 is 5.33. The minimum Gasteiger partial charge on any atom is -0.310 e. The molecule has 1 aliphatic heterocycles. The van der Waals surface area contributed by atoms with Crippen LogP contribution in [0, 0.1) is 3.57 Å². The molecule has 0 bridgehead atoms. The summed E-state index contributed by atoms with van der Waals surface area (Å²) in [5.74, 6) is -0.378. The van der Waals surface area contributed by atoms with Gasteiger partial charge in [-0.05, 0) is 40.8 Å². The normalized spacial score (nSPS) is 20.5. The van der Waals surface area contributed by atoms with Crippen LogP contribution >= 0.6 is 38.5 Å². The van der Waals surface area contributed by atoms with Crippen molar-refractivity contribution in [3.8, 4) is 0 Å². The lowest BCUT2D eigenvalue weighted by Crippen LogP contribution is -2.27. The molecule has 1 aromatic carbocycles. The van der Waals surface area contributed by atoms with E-state index in [1.54, 1.807) is 12.1 Å². The van der Waals surface area contributed by atoms with Gasteiger partial charge >= 0.3 is 10.2 Å². The van der Waals surface area contributed by atoms with Crippen molar-refractivity contribution in [1.82, 2.24) is 0 Å². The second-order valence-corrected chi connectivity index (χ2v) is 7.60. The van der Waals surface area contributed by atoms with E-state index in [4.69, 9.17) is 0 Å². The van der Waals surface area contributed by atoms with E-state index in [2.05, 4.69) is 15.9 Å². The fraction of sp³-hybridized carbons (Fsp3) is 0.300. The largest absolute Gasteiger partial charge is 0.310 e. The van der Waals surface area contributed by atoms with Gasteiger partial charge in [-0.1, -0.05) is 15.9 Å². The van der Waals surface area contributed by atoms with Gasteiger partial charge in [0.2, 0.25) is 5.91 Å². The molecular weight excluding hydrogens is 440 g/mol. The van der Waals surface area contributed by atoms with E-state index in [1.807, 2.05) is 28.7 Å². The predicted molar refractivity (Wildman–Crippen MR) is 77.6 cm³/mol. The van der Waals surface area contributed by atoms with Crippen molar-refractivity contribution in [2.75, 3.05) is 11.4 Å². The summed E-state index contributed by atoms with van der Waals surface area (Å²) in [7, 11) is -4.68. The average molecular weight is 448 g/mol. The maximum Gasteiger partial charge on any atom is 0.307 e. The molecule has 1 saturated heterocycles. The molecule has 1 atom stereocenters. The molecule has 0 aliphatic carbocycles. The molecule has 2 rings (SSSR count). The number of nitrogens with zero attached hydrogens (tertiary/aromatic N) is 1. The fourth-order valence-corrected chi connectivity index (χ4v) is 3.43. The van der Waals surface area contributed by atoms with Gasteiger partial charge in [0.25, 0.3) is 0 Å². The molecule has 0 saturated carbocycles. The van der Waals surface area contributed by atoms with Gasteiger partial charge in [0.15, 0.2) is 0 Å². The Morgan fingerprint density at radius 3 is 2.67 bits per heavy atom. The van der Waals surface area contributed by atoms with Crippen molar-refractivity contribution in [2.45, 2.75) is 11.7 Å². The van der Waals surface area contributed by atoms with Crippen LogP contribution in [0.3, 0.4) is 0 Å². The van der Waals surface area contributed by atoms with E-state index >= 15 is 0 Å². The Hall–Kier alpha value is -0.220. The summed E-state index contributed by atoms with van der Waals surface area (Å²) in [6, 6.07) is 5.33. The molecule has 0 aromatic heterocycles.